The largest absolute Gasteiger partial charge is 3.00 e. The summed E-state index contributed by atoms with van der Waals surface area (Å²) in [6, 6.07) is 0. The molecule has 8 N–H and O–H groups in total. The van der Waals surface area contributed by atoms with Crippen molar-refractivity contribution in [2.45, 2.75) is 39.5 Å². The fraction of sp³-hybridized carbons (Fsp3) is 0.833. The molecule has 0 saturated heterocycles. The van der Waals surface area contributed by atoms with Crippen molar-refractivity contribution in [3.8, 4) is 0 Å². The molecule has 9 heteroatoms. The molecule has 0 spiro atoms. The van der Waals surface area contributed by atoms with Crippen LogP contribution in [0.3, 0.4) is 0 Å². The summed E-state index contributed by atoms with van der Waals surface area (Å²) in [5, 5.41) is 12.7. The minimum atomic E-state index is -0.461. The Kier molecular flexibility index (Phi) is 56.2. The molecule has 0 radical (unpaired) electrons. The summed E-state index contributed by atoms with van der Waals surface area (Å²) >= 11 is 0. The molecule has 0 aromatic heterocycles. The Bertz CT molecular complexity index is 174. The summed E-state index contributed by atoms with van der Waals surface area (Å²) in [5.41, 5.74) is 25.1. The van der Waals surface area contributed by atoms with Crippen LogP contribution in [0.1, 0.15) is 39.5 Å². The average Bonchev–Trinajstić information content (AvgIpc) is 2.39. The summed E-state index contributed by atoms with van der Waals surface area (Å²) in [6.45, 7) is 4.71. The summed E-state index contributed by atoms with van der Waals surface area (Å²) < 4.78 is 0. The molecule has 0 aromatic carbocycles. The van der Waals surface area contributed by atoms with Gasteiger partial charge in [-0.1, -0.05) is 13.8 Å². The second kappa shape index (κ2) is 36.5. The SMILES string of the molecule is CCCC(=O)[OH2+].CCCC(=O)[OH2+].[Co+3].[NH-]CC[NH-].[NH-]CC[NH-]. The minimum Gasteiger partial charge on any atom is -0.679 e. The Labute approximate surface area is 137 Å². The first-order chi connectivity index (χ1) is 9.37. The number of hydrogen-bond donors (Lipinski definition) is 0. The zero-order valence-corrected chi connectivity index (χ0v) is 13.8. The predicted molar refractivity (Wildman–Crippen MR) is 83.8 cm³/mol. The second-order valence-corrected chi connectivity index (χ2v) is 3.35. The van der Waals surface area contributed by atoms with Gasteiger partial charge >= 0.3 is 28.7 Å². The predicted octanol–water partition coefficient (Wildman–Crippen LogP) is 2.25. The molecule has 8 nitrogen and oxygen atoms in total. The number of rotatable bonds is 6. The van der Waals surface area contributed by atoms with Crippen molar-refractivity contribution in [2.75, 3.05) is 26.2 Å². The van der Waals surface area contributed by atoms with Crippen LogP contribution in [0.25, 0.3) is 22.9 Å². The summed E-state index contributed by atoms with van der Waals surface area (Å²) in [4.78, 5) is 19.4. The Hall–Kier alpha value is -0.714. The summed E-state index contributed by atoms with van der Waals surface area (Å²) in [6.07, 6.45) is 2.39. The van der Waals surface area contributed by atoms with E-state index in [-0.39, 0.29) is 43.0 Å². The molecule has 0 atom stereocenters. The van der Waals surface area contributed by atoms with E-state index < -0.39 is 11.9 Å². The number of carbonyl (C=O) groups is 2. The van der Waals surface area contributed by atoms with Gasteiger partial charge in [0, 0.05) is 9.59 Å². The van der Waals surface area contributed by atoms with Gasteiger partial charge in [-0.15, -0.1) is 0 Å². The van der Waals surface area contributed by atoms with Crippen LogP contribution in [0.5, 0.6) is 0 Å². The first-order valence-electron chi connectivity index (χ1n) is 6.44. The van der Waals surface area contributed by atoms with Crippen molar-refractivity contribution in [1.29, 1.82) is 0 Å². The van der Waals surface area contributed by atoms with E-state index in [1.807, 2.05) is 13.8 Å². The summed E-state index contributed by atoms with van der Waals surface area (Å²) in [7, 11) is 0. The third-order valence-corrected chi connectivity index (χ3v) is 1.20. The fourth-order valence-corrected chi connectivity index (χ4v) is 0.454. The van der Waals surface area contributed by atoms with Gasteiger partial charge in [-0.2, -0.15) is 26.2 Å². The molecule has 0 saturated carbocycles. The van der Waals surface area contributed by atoms with E-state index >= 15 is 0 Å². The zero-order valence-electron chi connectivity index (χ0n) is 12.8. The smallest absolute Gasteiger partial charge is 0.679 e. The molecular formula is C12H30CoN4O4+. The number of nitrogens with one attached hydrogen (secondary N) is 4. The van der Waals surface area contributed by atoms with E-state index in [2.05, 4.69) is 0 Å². The fourth-order valence-electron chi connectivity index (χ4n) is 0.454. The van der Waals surface area contributed by atoms with Gasteiger partial charge in [-0.05, 0) is 12.8 Å². The maximum atomic E-state index is 9.71. The molecule has 21 heavy (non-hydrogen) atoms. The van der Waals surface area contributed by atoms with Crippen LogP contribution in [-0.4, -0.2) is 48.3 Å². The van der Waals surface area contributed by atoms with E-state index in [4.69, 9.17) is 33.1 Å². The number of hydrogen-bond acceptors (Lipinski definition) is 2. The molecule has 0 aliphatic carbocycles. The van der Waals surface area contributed by atoms with Gasteiger partial charge in [-0.3, -0.25) is 0 Å². The average molecular weight is 353 g/mol. The Balaban J connectivity index is -0.0000000544. The van der Waals surface area contributed by atoms with Gasteiger partial charge in [-0.25, -0.2) is 0 Å². The van der Waals surface area contributed by atoms with Crippen molar-refractivity contribution < 1.29 is 36.6 Å². The normalized spacial score (nSPS) is 7.52. The molecule has 0 fully saturated rings. The van der Waals surface area contributed by atoms with Gasteiger partial charge in [0.05, 0.1) is 0 Å². The molecule has 0 unspecified atom stereocenters. The maximum absolute atomic E-state index is 9.71. The van der Waals surface area contributed by atoms with Crippen molar-refractivity contribution in [3.63, 3.8) is 0 Å². The molecule has 0 amide bonds. The van der Waals surface area contributed by atoms with Crippen LogP contribution in [0.15, 0.2) is 0 Å². The van der Waals surface area contributed by atoms with Crippen LogP contribution in [0.4, 0.5) is 0 Å². The van der Waals surface area contributed by atoms with Crippen molar-refractivity contribution in [3.05, 3.63) is 22.9 Å². The third kappa shape index (κ3) is 109. The Morgan fingerprint density at radius 1 is 0.714 bits per heavy atom. The van der Waals surface area contributed by atoms with Crippen LogP contribution < -0.4 is 0 Å². The molecule has 0 aliphatic rings. The topological polar surface area (TPSA) is 175 Å². The first-order valence-corrected chi connectivity index (χ1v) is 6.44. The second-order valence-electron chi connectivity index (χ2n) is 3.35. The van der Waals surface area contributed by atoms with E-state index in [0.29, 0.717) is 12.8 Å². The number of carbonyl (C=O) groups excluding carboxylic acids is 2. The monoisotopic (exact) mass is 353 g/mol. The van der Waals surface area contributed by atoms with E-state index in [1.165, 1.54) is 0 Å². The van der Waals surface area contributed by atoms with E-state index in [1.54, 1.807) is 0 Å². The Morgan fingerprint density at radius 3 is 0.905 bits per heavy atom. The molecule has 0 heterocycles. The molecule has 0 bridgehead atoms. The molecule has 0 aliphatic heterocycles. The van der Waals surface area contributed by atoms with Gasteiger partial charge in [0.1, 0.15) is 12.8 Å². The van der Waals surface area contributed by atoms with E-state index in [0.717, 1.165) is 12.8 Å². The van der Waals surface area contributed by atoms with Gasteiger partial charge in [0.15, 0.2) is 0 Å². The van der Waals surface area contributed by atoms with Crippen LogP contribution in [-0.2, 0) is 26.4 Å². The van der Waals surface area contributed by atoms with E-state index in [9.17, 15) is 9.59 Å². The zero-order chi connectivity index (χ0) is 16.8. The van der Waals surface area contributed by atoms with Crippen molar-refractivity contribution in [2.24, 2.45) is 0 Å². The van der Waals surface area contributed by atoms with Crippen molar-refractivity contribution >= 4 is 11.9 Å². The molecule has 0 rings (SSSR count). The standard InChI is InChI=1S/2C4H8O2.2C2H6N2.Co/c2*1-2-3-4(5)6;2*3-1-2-4;/h2*2-3H2,1H3,(H,5,6);2*3-4H,1-2H2;/q;;2*-2;+3/p+2. The Morgan fingerprint density at radius 2 is 0.905 bits per heavy atom. The van der Waals surface area contributed by atoms with Crippen LogP contribution in [0, 0.1) is 0 Å². The third-order valence-electron chi connectivity index (χ3n) is 1.20. The maximum Gasteiger partial charge on any atom is 3.00 e. The minimum absolute atomic E-state index is 0. The van der Waals surface area contributed by atoms with Crippen LogP contribution >= 0.6 is 0 Å². The van der Waals surface area contributed by atoms with Crippen LogP contribution in [0.2, 0.25) is 0 Å². The van der Waals surface area contributed by atoms with Gasteiger partial charge in [0.2, 0.25) is 0 Å². The molecular weight excluding hydrogens is 323 g/mol. The van der Waals surface area contributed by atoms with Gasteiger partial charge in [0.25, 0.3) is 0 Å². The molecule has 130 valence electrons. The summed E-state index contributed by atoms with van der Waals surface area (Å²) in [5.74, 6) is -0.921. The van der Waals surface area contributed by atoms with Gasteiger partial charge < -0.3 is 33.1 Å². The van der Waals surface area contributed by atoms with Crippen molar-refractivity contribution in [1.82, 2.24) is 0 Å². The molecule has 0 aromatic rings. The first kappa shape index (κ1) is 32.3. The quantitative estimate of drug-likeness (QED) is 0.666.